The van der Waals surface area contributed by atoms with Crippen LogP contribution in [0.15, 0.2) is 41.1 Å². The molecule has 1 fully saturated rings. The van der Waals surface area contributed by atoms with Crippen molar-refractivity contribution in [2.45, 2.75) is 0 Å². The van der Waals surface area contributed by atoms with E-state index in [9.17, 15) is 9.59 Å². The highest BCUT2D eigenvalue weighted by molar-refractivity contribution is 5.99. The summed E-state index contributed by atoms with van der Waals surface area (Å²) in [6.45, 7) is 3.18. The molecule has 1 aliphatic heterocycles. The number of aromatic nitrogens is 1. The molecule has 0 saturated carbocycles. The van der Waals surface area contributed by atoms with Gasteiger partial charge in [0.1, 0.15) is 5.82 Å². The predicted octanol–water partition coefficient (Wildman–Crippen LogP) is 1.01. The maximum absolute atomic E-state index is 12.4. The normalized spacial score (nSPS) is 14.3. The van der Waals surface area contributed by atoms with Crippen molar-refractivity contribution in [1.82, 2.24) is 15.2 Å². The SMILES string of the molecule is COCCNC(=O)c1cccnc1N1CCN(C(=O)c2ccco2)CC1. The molecule has 0 bridgehead atoms. The molecule has 2 amide bonds. The third-order valence-corrected chi connectivity index (χ3v) is 4.22. The van der Waals surface area contributed by atoms with Gasteiger partial charge in [-0.25, -0.2) is 4.98 Å². The van der Waals surface area contributed by atoms with Crippen LogP contribution in [-0.2, 0) is 4.74 Å². The van der Waals surface area contributed by atoms with Crippen LogP contribution in [0.25, 0.3) is 0 Å². The zero-order valence-electron chi connectivity index (χ0n) is 14.7. The first kappa shape index (κ1) is 17.9. The Bertz CT molecular complexity index is 739. The molecule has 8 heteroatoms. The lowest BCUT2D eigenvalue weighted by atomic mass is 10.2. The highest BCUT2D eigenvalue weighted by Gasteiger charge is 2.26. The highest BCUT2D eigenvalue weighted by Crippen LogP contribution is 2.20. The third-order valence-electron chi connectivity index (χ3n) is 4.22. The van der Waals surface area contributed by atoms with Crippen LogP contribution in [0.5, 0.6) is 0 Å². The predicted molar refractivity (Wildman–Crippen MR) is 95.3 cm³/mol. The van der Waals surface area contributed by atoms with Gasteiger partial charge in [0.2, 0.25) is 0 Å². The monoisotopic (exact) mass is 358 g/mol. The molecule has 0 unspecified atom stereocenters. The average molecular weight is 358 g/mol. The van der Waals surface area contributed by atoms with E-state index in [1.54, 1.807) is 42.5 Å². The lowest BCUT2D eigenvalue weighted by Gasteiger charge is -2.35. The van der Waals surface area contributed by atoms with Crippen molar-refractivity contribution in [2.24, 2.45) is 0 Å². The molecular formula is C18H22N4O4. The van der Waals surface area contributed by atoms with E-state index in [2.05, 4.69) is 10.3 Å². The summed E-state index contributed by atoms with van der Waals surface area (Å²) in [5.74, 6) is 0.675. The van der Waals surface area contributed by atoms with Gasteiger partial charge in [-0.3, -0.25) is 9.59 Å². The number of ether oxygens (including phenoxy) is 1. The Labute approximate surface area is 151 Å². The molecule has 1 saturated heterocycles. The number of nitrogens with one attached hydrogen (secondary N) is 1. The molecule has 0 aromatic carbocycles. The summed E-state index contributed by atoms with van der Waals surface area (Å²) < 4.78 is 10.1. The fourth-order valence-corrected chi connectivity index (χ4v) is 2.87. The second-order valence-corrected chi connectivity index (χ2v) is 5.88. The first-order valence-electron chi connectivity index (χ1n) is 8.50. The van der Waals surface area contributed by atoms with Crippen LogP contribution in [0.4, 0.5) is 5.82 Å². The molecule has 0 aliphatic carbocycles. The molecule has 1 N–H and O–H groups in total. The summed E-state index contributed by atoms with van der Waals surface area (Å²) >= 11 is 0. The van der Waals surface area contributed by atoms with Crippen molar-refractivity contribution < 1.29 is 18.7 Å². The summed E-state index contributed by atoms with van der Waals surface area (Å²) in [5, 5.41) is 2.82. The number of rotatable bonds is 6. The number of nitrogens with zero attached hydrogens (tertiary/aromatic N) is 3. The first-order valence-corrected chi connectivity index (χ1v) is 8.50. The fraction of sp³-hybridized carbons (Fsp3) is 0.389. The van der Waals surface area contributed by atoms with Crippen molar-refractivity contribution in [2.75, 3.05) is 51.3 Å². The van der Waals surface area contributed by atoms with Crippen LogP contribution < -0.4 is 10.2 Å². The number of methoxy groups -OCH3 is 1. The standard InChI is InChI=1S/C18H22N4O4/c1-25-13-7-20-17(23)14-4-2-6-19-16(14)21-8-10-22(11-9-21)18(24)15-5-3-12-26-15/h2-6,12H,7-11,13H2,1H3,(H,20,23). The minimum Gasteiger partial charge on any atom is -0.459 e. The second-order valence-electron chi connectivity index (χ2n) is 5.88. The zero-order valence-corrected chi connectivity index (χ0v) is 14.7. The molecule has 0 radical (unpaired) electrons. The fourth-order valence-electron chi connectivity index (χ4n) is 2.87. The van der Waals surface area contributed by atoms with Gasteiger partial charge in [-0.05, 0) is 24.3 Å². The highest BCUT2D eigenvalue weighted by atomic mass is 16.5. The summed E-state index contributed by atoms with van der Waals surface area (Å²) in [5.41, 5.74) is 0.523. The molecule has 8 nitrogen and oxygen atoms in total. The molecule has 0 spiro atoms. The van der Waals surface area contributed by atoms with E-state index >= 15 is 0 Å². The van der Waals surface area contributed by atoms with E-state index in [1.165, 1.54) is 6.26 Å². The average Bonchev–Trinajstić information content (AvgIpc) is 3.22. The molecule has 2 aromatic rings. The molecule has 0 atom stereocenters. The van der Waals surface area contributed by atoms with Gasteiger partial charge in [0.25, 0.3) is 11.8 Å². The Morgan fingerprint density at radius 3 is 2.73 bits per heavy atom. The van der Waals surface area contributed by atoms with E-state index in [4.69, 9.17) is 9.15 Å². The lowest BCUT2D eigenvalue weighted by molar-refractivity contribution is 0.0713. The Morgan fingerprint density at radius 2 is 2.04 bits per heavy atom. The molecule has 2 aromatic heterocycles. The molecule has 3 heterocycles. The summed E-state index contributed by atoms with van der Waals surface area (Å²) in [4.78, 5) is 32.9. The van der Waals surface area contributed by atoms with E-state index in [1.807, 2.05) is 4.90 Å². The smallest absolute Gasteiger partial charge is 0.289 e. The van der Waals surface area contributed by atoms with Gasteiger partial charge in [0.05, 0.1) is 18.4 Å². The van der Waals surface area contributed by atoms with Gasteiger partial charge >= 0.3 is 0 Å². The van der Waals surface area contributed by atoms with E-state index in [-0.39, 0.29) is 11.8 Å². The van der Waals surface area contributed by atoms with Gasteiger partial charge in [-0.15, -0.1) is 0 Å². The molecular weight excluding hydrogens is 336 g/mol. The number of furan rings is 1. The van der Waals surface area contributed by atoms with E-state index < -0.39 is 0 Å². The van der Waals surface area contributed by atoms with Crippen molar-refractivity contribution in [1.29, 1.82) is 0 Å². The van der Waals surface area contributed by atoms with Gasteiger partial charge in [0, 0.05) is 46.0 Å². The summed E-state index contributed by atoms with van der Waals surface area (Å²) in [6.07, 6.45) is 3.16. The number of carbonyl (C=O) groups excluding carboxylic acids is 2. The summed E-state index contributed by atoms with van der Waals surface area (Å²) in [6, 6.07) is 6.86. The van der Waals surface area contributed by atoms with Crippen LogP contribution in [0.3, 0.4) is 0 Å². The zero-order chi connectivity index (χ0) is 18.4. The van der Waals surface area contributed by atoms with Gasteiger partial charge in [0.15, 0.2) is 5.76 Å². The largest absolute Gasteiger partial charge is 0.459 e. The Morgan fingerprint density at radius 1 is 1.23 bits per heavy atom. The molecule has 138 valence electrons. The van der Waals surface area contributed by atoms with Crippen molar-refractivity contribution in [3.8, 4) is 0 Å². The number of piperazine rings is 1. The first-order chi connectivity index (χ1) is 12.7. The minimum atomic E-state index is -0.181. The van der Waals surface area contributed by atoms with Gasteiger partial charge in [-0.1, -0.05) is 0 Å². The van der Waals surface area contributed by atoms with Crippen LogP contribution in [-0.4, -0.2) is 68.1 Å². The van der Waals surface area contributed by atoms with Crippen LogP contribution in [0.1, 0.15) is 20.9 Å². The van der Waals surface area contributed by atoms with Crippen LogP contribution in [0, 0.1) is 0 Å². The molecule has 1 aliphatic rings. The van der Waals surface area contributed by atoms with E-state index in [0.717, 1.165) is 0 Å². The number of pyridine rings is 1. The number of amides is 2. The van der Waals surface area contributed by atoms with Crippen LogP contribution in [0.2, 0.25) is 0 Å². The van der Waals surface area contributed by atoms with Gasteiger partial charge < -0.3 is 24.3 Å². The van der Waals surface area contributed by atoms with Gasteiger partial charge in [-0.2, -0.15) is 0 Å². The number of hydrogen-bond donors (Lipinski definition) is 1. The summed E-state index contributed by atoms with van der Waals surface area (Å²) in [7, 11) is 1.59. The Hall–Kier alpha value is -2.87. The van der Waals surface area contributed by atoms with Crippen molar-refractivity contribution in [3.63, 3.8) is 0 Å². The topological polar surface area (TPSA) is 87.9 Å². The number of hydrogen-bond acceptors (Lipinski definition) is 6. The lowest BCUT2D eigenvalue weighted by Crippen LogP contribution is -2.49. The van der Waals surface area contributed by atoms with Crippen LogP contribution >= 0.6 is 0 Å². The molecule has 3 rings (SSSR count). The Kier molecular flexibility index (Phi) is 5.85. The minimum absolute atomic E-state index is 0.117. The maximum Gasteiger partial charge on any atom is 0.289 e. The van der Waals surface area contributed by atoms with Crippen molar-refractivity contribution >= 4 is 17.6 Å². The Balaban J connectivity index is 1.64. The second kappa shape index (κ2) is 8.48. The number of anilines is 1. The quantitative estimate of drug-likeness (QED) is 0.776. The maximum atomic E-state index is 12.4. The number of carbonyl (C=O) groups is 2. The van der Waals surface area contributed by atoms with Crippen molar-refractivity contribution in [3.05, 3.63) is 48.0 Å². The molecule has 26 heavy (non-hydrogen) atoms. The van der Waals surface area contributed by atoms with E-state index in [0.29, 0.717) is 56.5 Å². The third kappa shape index (κ3) is 4.02.